The lowest BCUT2D eigenvalue weighted by molar-refractivity contribution is -0.142. The normalized spacial score (nSPS) is 18.3. The Balaban J connectivity index is 1.47. The Hall–Kier alpha value is -2.84. The highest BCUT2D eigenvalue weighted by molar-refractivity contribution is 5.95. The van der Waals surface area contributed by atoms with Gasteiger partial charge in [-0.3, -0.25) is 14.4 Å². The fourth-order valence-corrected chi connectivity index (χ4v) is 3.65. The molecule has 2 aliphatic heterocycles. The molecule has 0 radical (unpaired) electrons. The molecule has 1 aromatic rings. The Bertz CT molecular complexity index is 813. The third-order valence-electron chi connectivity index (χ3n) is 5.34. The molecular formula is C21H24F3N3O3. The largest absolute Gasteiger partial charge is 0.405 e. The second-order valence-corrected chi connectivity index (χ2v) is 7.51. The molecule has 2 saturated heterocycles. The van der Waals surface area contributed by atoms with Crippen molar-refractivity contribution in [3.05, 3.63) is 35.9 Å². The Morgan fingerprint density at radius 3 is 2.33 bits per heavy atom. The highest BCUT2D eigenvalue weighted by atomic mass is 19.4. The lowest BCUT2D eigenvalue weighted by Gasteiger charge is -2.30. The van der Waals surface area contributed by atoms with E-state index >= 15 is 0 Å². The van der Waals surface area contributed by atoms with Crippen molar-refractivity contribution >= 4 is 29.5 Å². The summed E-state index contributed by atoms with van der Waals surface area (Å²) in [6.07, 6.45) is 0.787. The first-order chi connectivity index (χ1) is 14.2. The molecule has 2 fully saturated rings. The number of hydrogen-bond donors (Lipinski definition) is 1. The van der Waals surface area contributed by atoms with Crippen molar-refractivity contribution in [3.8, 4) is 0 Å². The van der Waals surface area contributed by atoms with Crippen molar-refractivity contribution in [1.29, 1.82) is 0 Å². The second kappa shape index (κ2) is 9.32. The summed E-state index contributed by atoms with van der Waals surface area (Å²) in [5.74, 6) is -1.22. The van der Waals surface area contributed by atoms with E-state index in [9.17, 15) is 27.6 Å². The monoisotopic (exact) mass is 423 g/mol. The number of likely N-dealkylation sites (tertiary alicyclic amines) is 1. The van der Waals surface area contributed by atoms with Crippen LogP contribution in [-0.4, -0.2) is 55.0 Å². The van der Waals surface area contributed by atoms with Crippen molar-refractivity contribution in [2.45, 2.75) is 31.9 Å². The Morgan fingerprint density at radius 2 is 1.77 bits per heavy atom. The zero-order chi connectivity index (χ0) is 21.7. The maximum Gasteiger partial charge on any atom is 0.405 e. The molecule has 1 aromatic carbocycles. The molecule has 0 aliphatic carbocycles. The number of carbonyl (C=O) groups is 3. The van der Waals surface area contributed by atoms with Crippen molar-refractivity contribution in [3.63, 3.8) is 0 Å². The molecule has 6 nitrogen and oxygen atoms in total. The topological polar surface area (TPSA) is 69.7 Å². The van der Waals surface area contributed by atoms with E-state index < -0.39 is 24.5 Å². The highest BCUT2D eigenvalue weighted by Crippen LogP contribution is 2.22. The van der Waals surface area contributed by atoms with Crippen LogP contribution in [0.2, 0.25) is 0 Å². The molecule has 1 N–H and O–H groups in total. The van der Waals surface area contributed by atoms with E-state index in [1.54, 1.807) is 15.9 Å². The van der Waals surface area contributed by atoms with Crippen LogP contribution in [0.15, 0.2) is 30.3 Å². The molecule has 30 heavy (non-hydrogen) atoms. The Labute approximate surface area is 172 Å². The van der Waals surface area contributed by atoms with Crippen molar-refractivity contribution in [2.24, 2.45) is 5.92 Å². The number of benzene rings is 1. The maximum atomic E-state index is 12.4. The van der Waals surface area contributed by atoms with Gasteiger partial charge < -0.3 is 15.1 Å². The van der Waals surface area contributed by atoms with Crippen LogP contribution in [0.1, 0.15) is 31.2 Å². The fraction of sp³-hybridized carbons (Fsp3) is 0.476. The molecule has 0 spiro atoms. The van der Waals surface area contributed by atoms with Crippen molar-refractivity contribution < 1.29 is 27.6 Å². The van der Waals surface area contributed by atoms with E-state index in [-0.39, 0.29) is 11.8 Å². The van der Waals surface area contributed by atoms with Crippen molar-refractivity contribution in [2.75, 3.05) is 31.1 Å². The molecule has 3 amide bonds. The predicted molar refractivity (Wildman–Crippen MR) is 105 cm³/mol. The molecule has 2 heterocycles. The average molecular weight is 423 g/mol. The van der Waals surface area contributed by atoms with Crippen LogP contribution < -0.4 is 10.2 Å². The zero-order valence-corrected chi connectivity index (χ0v) is 16.5. The molecule has 0 atom stereocenters. The average Bonchev–Trinajstić information content (AvgIpc) is 3.16. The van der Waals surface area contributed by atoms with Gasteiger partial charge in [-0.15, -0.1) is 0 Å². The first kappa shape index (κ1) is 21.9. The highest BCUT2D eigenvalue weighted by Gasteiger charge is 2.31. The molecule has 0 unspecified atom stereocenters. The minimum atomic E-state index is -4.43. The molecule has 162 valence electrons. The van der Waals surface area contributed by atoms with Crippen LogP contribution in [0.25, 0.3) is 6.08 Å². The smallest absolute Gasteiger partial charge is 0.347 e. The standard InChI is InChI=1S/C21H24F3N3O3/c22-21(23,24)14-25-20(30)16-9-12-26(13-10-16)18(28)8-5-15-3-6-17(7-4-15)27-11-1-2-19(27)29/h3-8,16H,1-2,9-14H2,(H,25,30). The molecule has 0 saturated carbocycles. The minimum Gasteiger partial charge on any atom is -0.347 e. The van der Waals surface area contributed by atoms with Crippen molar-refractivity contribution in [1.82, 2.24) is 10.2 Å². The van der Waals surface area contributed by atoms with Gasteiger partial charge in [0.1, 0.15) is 6.54 Å². The van der Waals surface area contributed by atoms with Crippen LogP contribution in [0.4, 0.5) is 18.9 Å². The predicted octanol–water partition coefficient (Wildman–Crippen LogP) is 2.74. The third kappa shape index (κ3) is 5.84. The number of nitrogens with zero attached hydrogens (tertiary/aromatic N) is 2. The molecule has 3 rings (SSSR count). The van der Waals surface area contributed by atoms with E-state index in [1.165, 1.54) is 6.08 Å². The van der Waals surface area contributed by atoms with Gasteiger partial charge in [-0.25, -0.2) is 0 Å². The quantitative estimate of drug-likeness (QED) is 0.741. The van der Waals surface area contributed by atoms with Gasteiger partial charge >= 0.3 is 6.18 Å². The van der Waals surface area contributed by atoms with Gasteiger partial charge in [0.15, 0.2) is 0 Å². The van der Waals surface area contributed by atoms with E-state index in [2.05, 4.69) is 0 Å². The van der Waals surface area contributed by atoms with Gasteiger partial charge in [-0.1, -0.05) is 12.1 Å². The SMILES string of the molecule is O=C(NCC(F)(F)F)C1CCN(C(=O)C=Cc2ccc(N3CCCC3=O)cc2)CC1. The van der Waals surface area contributed by atoms with E-state index in [1.807, 2.05) is 29.6 Å². The number of nitrogens with one attached hydrogen (secondary N) is 1. The lowest BCUT2D eigenvalue weighted by Crippen LogP contribution is -2.44. The van der Waals surface area contributed by atoms with Crippen LogP contribution >= 0.6 is 0 Å². The summed E-state index contributed by atoms with van der Waals surface area (Å²) < 4.78 is 36.6. The number of piperidine rings is 1. The third-order valence-corrected chi connectivity index (χ3v) is 5.34. The maximum absolute atomic E-state index is 12.4. The number of alkyl halides is 3. The summed E-state index contributed by atoms with van der Waals surface area (Å²) >= 11 is 0. The van der Waals surface area contributed by atoms with Crippen LogP contribution in [0.5, 0.6) is 0 Å². The van der Waals surface area contributed by atoms with Gasteiger partial charge in [-0.05, 0) is 43.0 Å². The zero-order valence-electron chi connectivity index (χ0n) is 16.5. The van der Waals surface area contributed by atoms with Gasteiger partial charge in [0.2, 0.25) is 17.7 Å². The lowest BCUT2D eigenvalue weighted by atomic mass is 9.96. The molecule has 9 heteroatoms. The number of carbonyl (C=O) groups excluding carboxylic acids is 3. The van der Waals surface area contributed by atoms with E-state index in [0.29, 0.717) is 32.4 Å². The Morgan fingerprint density at radius 1 is 1.10 bits per heavy atom. The van der Waals surface area contributed by atoms with Gasteiger partial charge in [0.25, 0.3) is 0 Å². The molecule has 2 aliphatic rings. The Kier molecular flexibility index (Phi) is 6.79. The summed E-state index contributed by atoms with van der Waals surface area (Å²) in [4.78, 5) is 39.3. The van der Waals surface area contributed by atoms with Crippen LogP contribution in [-0.2, 0) is 14.4 Å². The first-order valence-electron chi connectivity index (χ1n) is 9.95. The number of rotatable bonds is 5. The fourth-order valence-electron chi connectivity index (χ4n) is 3.65. The number of amides is 3. The number of halogens is 3. The first-order valence-corrected chi connectivity index (χ1v) is 9.95. The minimum absolute atomic E-state index is 0.115. The van der Waals surface area contributed by atoms with Gasteiger partial charge in [0, 0.05) is 43.7 Å². The second-order valence-electron chi connectivity index (χ2n) is 7.51. The number of anilines is 1. The van der Waals surface area contributed by atoms with E-state index in [0.717, 1.165) is 24.2 Å². The van der Waals surface area contributed by atoms with Crippen LogP contribution in [0.3, 0.4) is 0 Å². The summed E-state index contributed by atoms with van der Waals surface area (Å²) in [5.41, 5.74) is 1.66. The number of hydrogen-bond acceptors (Lipinski definition) is 3. The molecule has 0 bridgehead atoms. The van der Waals surface area contributed by atoms with Gasteiger partial charge in [0.05, 0.1) is 0 Å². The van der Waals surface area contributed by atoms with Gasteiger partial charge in [-0.2, -0.15) is 13.2 Å². The summed E-state index contributed by atoms with van der Waals surface area (Å²) in [7, 11) is 0. The summed E-state index contributed by atoms with van der Waals surface area (Å²) in [5, 5.41) is 1.90. The molecular weight excluding hydrogens is 399 g/mol. The van der Waals surface area contributed by atoms with E-state index in [4.69, 9.17) is 0 Å². The summed E-state index contributed by atoms with van der Waals surface area (Å²) in [6.45, 7) is 0.0295. The summed E-state index contributed by atoms with van der Waals surface area (Å²) in [6, 6.07) is 7.36. The van der Waals surface area contributed by atoms with Crippen LogP contribution in [0, 0.1) is 5.92 Å². The molecule has 0 aromatic heterocycles.